The molecule has 0 aromatic heterocycles. The fraction of sp³-hybridized carbons (Fsp3) is 0.909. The summed E-state index contributed by atoms with van der Waals surface area (Å²) in [5.41, 5.74) is -0.326. The monoisotopic (exact) mass is 197 g/mol. The Hall–Kier alpha value is -0.570. The van der Waals surface area contributed by atoms with Crippen LogP contribution in [0.1, 0.15) is 34.6 Å². The van der Waals surface area contributed by atoms with Gasteiger partial charge in [0.1, 0.15) is 6.61 Å². The SMILES string of the molecule is CC(C)[C@H]1O[C@@]1(C)C1=NC(C)(C)CO1. The lowest BCUT2D eigenvalue weighted by molar-refractivity contribution is 0.249. The Morgan fingerprint density at radius 1 is 1.36 bits per heavy atom. The molecule has 0 aliphatic carbocycles. The molecule has 0 bridgehead atoms. The molecule has 80 valence electrons. The van der Waals surface area contributed by atoms with Crippen LogP contribution in [0.5, 0.6) is 0 Å². The third kappa shape index (κ3) is 1.44. The van der Waals surface area contributed by atoms with Crippen molar-refractivity contribution in [2.24, 2.45) is 10.9 Å². The van der Waals surface area contributed by atoms with Gasteiger partial charge in [-0.2, -0.15) is 0 Å². The van der Waals surface area contributed by atoms with Crippen LogP contribution in [-0.2, 0) is 9.47 Å². The van der Waals surface area contributed by atoms with Gasteiger partial charge in [-0.1, -0.05) is 13.8 Å². The van der Waals surface area contributed by atoms with Crippen LogP contribution in [0.15, 0.2) is 4.99 Å². The van der Waals surface area contributed by atoms with Crippen LogP contribution < -0.4 is 0 Å². The smallest absolute Gasteiger partial charge is 0.219 e. The Balaban J connectivity index is 2.12. The van der Waals surface area contributed by atoms with Gasteiger partial charge in [0, 0.05) is 0 Å². The molecular formula is C11H19NO2. The predicted octanol–water partition coefficient (Wildman–Crippen LogP) is 2.01. The van der Waals surface area contributed by atoms with Gasteiger partial charge in [0.05, 0.1) is 11.6 Å². The van der Waals surface area contributed by atoms with Crippen LogP contribution in [0.3, 0.4) is 0 Å². The van der Waals surface area contributed by atoms with Crippen LogP contribution in [0.25, 0.3) is 0 Å². The average molecular weight is 197 g/mol. The molecule has 0 spiro atoms. The first-order chi connectivity index (χ1) is 6.35. The Morgan fingerprint density at radius 3 is 2.36 bits per heavy atom. The highest BCUT2D eigenvalue weighted by Gasteiger charge is 2.60. The van der Waals surface area contributed by atoms with Gasteiger partial charge in [0.25, 0.3) is 0 Å². The lowest BCUT2D eigenvalue weighted by Gasteiger charge is -2.07. The van der Waals surface area contributed by atoms with Crippen molar-refractivity contribution in [1.29, 1.82) is 0 Å². The van der Waals surface area contributed by atoms with E-state index in [0.29, 0.717) is 12.5 Å². The second-order valence-corrected chi connectivity index (χ2v) is 5.41. The van der Waals surface area contributed by atoms with E-state index in [1.165, 1.54) is 0 Å². The van der Waals surface area contributed by atoms with Crippen molar-refractivity contribution in [2.75, 3.05) is 6.61 Å². The first-order valence-electron chi connectivity index (χ1n) is 5.26. The summed E-state index contributed by atoms with van der Waals surface area (Å²) in [6.45, 7) is 11.2. The molecular weight excluding hydrogens is 178 g/mol. The van der Waals surface area contributed by atoms with Crippen LogP contribution in [-0.4, -0.2) is 29.7 Å². The quantitative estimate of drug-likeness (QED) is 0.634. The molecule has 0 amide bonds. The topological polar surface area (TPSA) is 34.1 Å². The standard InChI is InChI=1S/C11H19NO2/c1-7(2)8-11(5,14-8)9-12-10(3,4)6-13-9/h7-8H,6H2,1-5H3/t8-,11-/m1/s1. The molecule has 3 heteroatoms. The molecule has 0 saturated carbocycles. The van der Waals surface area contributed by atoms with Crippen LogP contribution in [0.2, 0.25) is 0 Å². The second kappa shape index (κ2) is 2.72. The van der Waals surface area contributed by atoms with E-state index in [2.05, 4.69) is 39.6 Å². The van der Waals surface area contributed by atoms with Crippen molar-refractivity contribution < 1.29 is 9.47 Å². The normalized spacial score (nSPS) is 39.6. The van der Waals surface area contributed by atoms with Gasteiger partial charge in [0.15, 0.2) is 5.60 Å². The minimum Gasteiger partial charge on any atom is -0.476 e. The van der Waals surface area contributed by atoms with Crippen molar-refractivity contribution in [3.8, 4) is 0 Å². The third-order valence-corrected chi connectivity index (χ3v) is 2.85. The van der Waals surface area contributed by atoms with Crippen molar-refractivity contribution in [1.82, 2.24) is 0 Å². The Bertz CT molecular complexity index is 283. The molecule has 14 heavy (non-hydrogen) atoms. The van der Waals surface area contributed by atoms with Crippen LogP contribution in [0.4, 0.5) is 0 Å². The molecule has 0 N–H and O–H groups in total. The minimum atomic E-state index is -0.248. The molecule has 0 radical (unpaired) electrons. The summed E-state index contributed by atoms with van der Waals surface area (Å²) >= 11 is 0. The molecule has 2 rings (SSSR count). The highest BCUT2D eigenvalue weighted by molar-refractivity contribution is 5.89. The third-order valence-electron chi connectivity index (χ3n) is 2.85. The highest BCUT2D eigenvalue weighted by atomic mass is 16.6. The summed E-state index contributed by atoms with van der Waals surface area (Å²) in [6, 6.07) is 0. The summed E-state index contributed by atoms with van der Waals surface area (Å²) in [7, 11) is 0. The molecule has 2 heterocycles. The molecule has 0 unspecified atom stereocenters. The zero-order valence-corrected chi connectivity index (χ0v) is 9.63. The minimum absolute atomic E-state index is 0.0776. The van der Waals surface area contributed by atoms with Crippen molar-refractivity contribution in [3.05, 3.63) is 0 Å². The Labute approximate surface area is 85.5 Å². The summed E-state index contributed by atoms with van der Waals surface area (Å²) in [5, 5.41) is 0. The lowest BCUT2D eigenvalue weighted by atomic mass is 9.99. The Morgan fingerprint density at radius 2 is 2.00 bits per heavy atom. The van der Waals surface area contributed by atoms with Crippen LogP contribution in [0, 0.1) is 5.92 Å². The molecule has 0 aromatic carbocycles. The van der Waals surface area contributed by atoms with Gasteiger partial charge in [-0.15, -0.1) is 0 Å². The van der Waals surface area contributed by atoms with E-state index in [0.717, 1.165) is 5.90 Å². The summed E-state index contributed by atoms with van der Waals surface area (Å²) in [6.07, 6.45) is 0.273. The number of epoxide rings is 1. The van der Waals surface area contributed by atoms with Crippen molar-refractivity contribution >= 4 is 5.90 Å². The van der Waals surface area contributed by atoms with E-state index in [1.54, 1.807) is 0 Å². The number of rotatable bonds is 2. The number of hydrogen-bond donors (Lipinski definition) is 0. The van der Waals surface area contributed by atoms with Gasteiger partial charge in [-0.25, -0.2) is 4.99 Å². The maximum atomic E-state index is 5.69. The molecule has 3 nitrogen and oxygen atoms in total. The zero-order chi connectivity index (χ0) is 10.6. The maximum absolute atomic E-state index is 5.69. The molecule has 0 aromatic rings. The molecule has 2 aliphatic rings. The lowest BCUT2D eigenvalue weighted by Crippen LogP contribution is -2.25. The molecule has 2 aliphatic heterocycles. The summed E-state index contributed by atoms with van der Waals surface area (Å²) in [4.78, 5) is 4.56. The first-order valence-corrected chi connectivity index (χ1v) is 5.26. The van der Waals surface area contributed by atoms with Gasteiger partial charge >= 0.3 is 0 Å². The van der Waals surface area contributed by atoms with E-state index >= 15 is 0 Å². The second-order valence-electron chi connectivity index (χ2n) is 5.41. The van der Waals surface area contributed by atoms with Crippen molar-refractivity contribution in [3.63, 3.8) is 0 Å². The van der Waals surface area contributed by atoms with Gasteiger partial charge < -0.3 is 9.47 Å². The van der Waals surface area contributed by atoms with E-state index < -0.39 is 0 Å². The Kier molecular flexibility index (Phi) is 1.94. The van der Waals surface area contributed by atoms with E-state index in [9.17, 15) is 0 Å². The fourth-order valence-electron chi connectivity index (χ4n) is 2.01. The summed E-state index contributed by atoms with van der Waals surface area (Å²) in [5.74, 6) is 1.32. The highest BCUT2D eigenvalue weighted by Crippen LogP contribution is 2.44. The van der Waals surface area contributed by atoms with E-state index in [-0.39, 0.29) is 17.2 Å². The average Bonchev–Trinajstić information content (AvgIpc) is 2.61. The molecule has 1 fully saturated rings. The fourth-order valence-corrected chi connectivity index (χ4v) is 2.01. The van der Waals surface area contributed by atoms with E-state index in [1.807, 2.05) is 0 Å². The maximum Gasteiger partial charge on any atom is 0.219 e. The van der Waals surface area contributed by atoms with Crippen LogP contribution >= 0.6 is 0 Å². The molecule has 1 saturated heterocycles. The number of ether oxygens (including phenoxy) is 2. The number of aliphatic imine (C=N–C) groups is 1. The molecule has 2 atom stereocenters. The van der Waals surface area contributed by atoms with Crippen molar-refractivity contribution in [2.45, 2.75) is 51.9 Å². The predicted molar refractivity (Wildman–Crippen MR) is 55.6 cm³/mol. The number of nitrogens with zero attached hydrogens (tertiary/aromatic N) is 1. The summed E-state index contributed by atoms with van der Waals surface area (Å²) < 4.78 is 11.3. The zero-order valence-electron chi connectivity index (χ0n) is 9.63. The van der Waals surface area contributed by atoms with Gasteiger partial charge in [0.2, 0.25) is 5.90 Å². The number of hydrogen-bond acceptors (Lipinski definition) is 3. The van der Waals surface area contributed by atoms with Gasteiger partial charge in [-0.3, -0.25) is 0 Å². The first kappa shape index (κ1) is 9.97. The van der Waals surface area contributed by atoms with E-state index in [4.69, 9.17) is 9.47 Å². The largest absolute Gasteiger partial charge is 0.476 e. The van der Waals surface area contributed by atoms with Gasteiger partial charge in [-0.05, 0) is 26.7 Å².